The van der Waals surface area contributed by atoms with Crippen molar-refractivity contribution >= 4 is 53.2 Å². The van der Waals surface area contributed by atoms with Gasteiger partial charge in [0, 0.05) is 24.7 Å². The maximum Gasteiger partial charge on any atom is 0.238 e. The highest BCUT2D eigenvalue weighted by atomic mass is 79.9. The van der Waals surface area contributed by atoms with Crippen LogP contribution in [0.25, 0.3) is 0 Å². The summed E-state index contributed by atoms with van der Waals surface area (Å²) in [5, 5.41) is 11.2. The largest absolute Gasteiger partial charge is 0.365 e. The number of nitrogens with one attached hydrogen (secondary N) is 2. The van der Waals surface area contributed by atoms with Gasteiger partial charge in [-0.2, -0.15) is 4.98 Å². The first-order valence-electron chi connectivity index (χ1n) is 8.48. The van der Waals surface area contributed by atoms with Gasteiger partial charge in [-0.05, 0) is 57.9 Å². The predicted octanol–water partition coefficient (Wildman–Crippen LogP) is 2.65. The maximum absolute atomic E-state index is 11.7. The summed E-state index contributed by atoms with van der Waals surface area (Å²) < 4.78 is 46.7. The van der Waals surface area contributed by atoms with Crippen LogP contribution in [0.5, 0.6) is 0 Å². The molecule has 0 bridgehead atoms. The second-order valence-electron chi connectivity index (χ2n) is 6.36. The number of hydrogen-bond acceptors (Lipinski definition) is 8. The number of sulfonamides is 1. The van der Waals surface area contributed by atoms with Crippen LogP contribution < -0.4 is 15.8 Å². The fourth-order valence-electron chi connectivity index (χ4n) is 2.48. The van der Waals surface area contributed by atoms with Crippen LogP contribution in [0.1, 0.15) is 5.56 Å². The van der Waals surface area contributed by atoms with Gasteiger partial charge >= 0.3 is 0 Å². The summed E-state index contributed by atoms with van der Waals surface area (Å²) in [6.07, 6.45) is 2.72. The Morgan fingerprint density at radius 1 is 1.03 bits per heavy atom. The Labute approximate surface area is 182 Å². The lowest BCUT2D eigenvalue weighted by Gasteiger charge is -2.11. The molecule has 3 aromatic rings. The van der Waals surface area contributed by atoms with Crippen molar-refractivity contribution in [3.8, 4) is 0 Å². The molecule has 0 saturated heterocycles. The monoisotopic (exact) mass is 511 g/mol. The Balaban J connectivity index is 1.74. The molecule has 4 N–H and O–H groups in total. The molecule has 12 heteroatoms. The molecule has 0 aliphatic heterocycles. The molecular formula is C18H18BrN5O4S2. The summed E-state index contributed by atoms with van der Waals surface area (Å²) in [6, 6.07) is 12.5. The fourth-order valence-corrected chi connectivity index (χ4v) is 4.02. The number of primary sulfonamides is 1. The van der Waals surface area contributed by atoms with Crippen molar-refractivity contribution in [2.45, 2.75) is 16.3 Å². The van der Waals surface area contributed by atoms with E-state index in [4.69, 9.17) is 5.14 Å². The highest BCUT2D eigenvalue weighted by Gasteiger charge is 2.10. The number of nitrogens with two attached hydrogens (primary N) is 1. The SMILES string of the molecule is CS(=O)(=O)c1cccc(CNc2nc(Nc3ccc(S(N)(=O)=O)cc3)ncc2Br)c1. The smallest absolute Gasteiger partial charge is 0.238 e. The summed E-state index contributed by atoms with van der Waals surface area (Å²) >= 11 is 3.38. The van der Waals surface area contributed by atoms with Crippen LogP contribution in [-0.2, 0) is 26.4 Å². The lowest BCUT2D eigenvalue weighted by atomic mass is 10.2. The summed E-state index contributed by atoms with van der Waals surface area (Å²) in [6.45, 7) is 0.349. The Kier molecular flexibility index (Phi) is 6.41. The minimum atomic E-state index is -3.76. The van der Waals surface area contributed by atoms with Gasteiger partial charge in [0.15, 0.2) is 9.84 Å². The van der Waals surface area contributed by atoms with Crippen molar-refractivity contribution in [1.82, 2.24) is 9.97 Å². The number of nitrogens with zero attached hydrogens (tertiary/aromatic N) is 2. The molecular weight excluding hydrogens is 494 g/mol. The minimum Gasteiger partial charge on any atom is -0.365 e. The van der Waals surface area contributed by atoms with Crippen LogP contribution in [0.3, 0.4) is 0 Å². The van der Waals surface area contributed by atoms with Crippen LogP contribution >= 0.6 is 15.9 Å². The first-order chi connectivity index (χ1) is 14.0. The highest BCUT2D eigenvalue weighted by molar-refractivity contribution is 9.10. The van der Waals surface area contributed by atoms with Gasteiger partial charge in [-0.1, -0.05) is 12.1 Å². The van der Waals surface area contributed by atoms with Gasteiger partial charge in [0.05, 0.1) is 14.3 Å². The zero-order chi connectivity index (χ0) is 21.9. The second kappa shape index (κ2) is 8.68. The van der Waals surface area contributed by atoms with Crippen molar-refractivity contribution in [2.24, 2.45) is 5.14 Å². The number of aromatic nitrogens is 2. The third kappa shape index (κ3) is 5.75. The molecule has 1 heterocycles. The lowest BCUT2D eigenvalue weighted by molar-refractivity contribution is 0.597. The van der Waals surface area contributed by atoms with Gasteiger partial charge in [-0.3, -0.25) is 0 Å². The number of anilines is 3. The zero-order valence-corrected chi connectivity index (χ0v) is 18.9. The zero-order valence-electron chi connectivity index (χ0n) is 15.7. The van der Waals surface area contributed by atoms with Gasteiger partial charge in [0.1, 0.15) is 5.82 Å². The van der Waals surface area contributed by atoms with E-state index in [-0.39, 0.29) is 15.7 Å². The molecule has 0 aliphatic rings. The number of sulfone groups is 1. The Morgan fingerprint density at radius 2 is 1.73 bits per heavy atom. The second-order valence-corrected chi connectivity index (χ2v) is 10.8. The van der Waals surface area contributed by atoms with Crippen molar-refractivity contribution in [3.05, 3.63) is 64.8 Å². The number of halogens is 1. The molecule has 3 rings (SSSR count). The summed E-state index contributed by atoms with van der Waals surface area (Å²) in [7, 11) is -7.05. The first kappa shape index (κ1) is 22.2. The number of rotatable bonds is 7. The van der Waals surface area contributed by atoms with E-state index in [0.717, 1.165) is 11.8 Å². The average Bonchev–Trinajstić information content (AvgIpc) is 2.68. The molecule has 0 amide bonds. The summed E-state index contributed by atoms with van der Waals surface area (Å²) in [5.74, 6) is 0.785. The van der Waals surface area contributed by atoms with E-state index >= 15 is 0 Å². The van der Waals surface area contributed by atoms with Crippen LogP contribution in [-0.4, -0.2) is 33.1 Å². The van der Waals surface area contributed by atoms with Crippen molar-refractivity contribution in [2.75, 3.05) is 16.9 Å². The minimum absolute atomic E-state index is 0.00320. The molecule has 2 aromatic carbocycles. The molecule has 158 valence electrons. The molecule has 0 saturated carbocycles. The molecule has 30 heavy (non-hydrogen) atoms. The van der Waals surface area contributed by atoms with E-state index < -0.39 is 19.9 Å². The van der Waals surface area contributed by atoms with Gasteiger partial charge in [-0.15, -0.1) is 0 Å². The van der Waals surface area contributed by atoms with Gasteiger partial charge in [0.2, 0.25) is 16.0 Å². The number of hydrogen-bond donors (Lipinski definition) is 3. The molecule has 0 aliphatic carbocycles. The van der Waals surface area contributed by atoms with E-state index in [2.05, 4.69) is 36.5 Å². The Bertz CT molecular complexity index is 1280. The van der Waals surface area contributed by atoms with Gasteiger partial charge < -0.3 is 10.6 Å². The fraction of sp³-hybridized carbons (Fsp3) is 0.111. The summed E-state index contributed by atoms with van der Waals surface area (Å²) in [4.78, 5) is 8.81. The van der Waals surface area contributed by atoms with Crippen molar-refractivity contribution < 1.29 is 16.8 Å². The first-order valence-corrected chi connectivity index (χ1v) is 12.7. The molecule has 0 fully saturated rings. The van der Waals surface area contributed by atoms with E-state index in [1.165, 1.54) is 12.1 Å². The Morgan fingerprint density at radius 3 is 2.37 bits per heavy atom. The van der Waals surface area contributed by atoms with Crippen LogP contribution in [0.2, 0.25) is 0 Å². The molecule has 9 nitrogen and oxygen atoms in total. The van der Waals surface area contributed by atoms with Crippen LogP contribution in [0.15, 0.2) is 69.0 Å². The highest BCUT2D eigenvalue weighted by Crippen LogP contribution is 2.23. The van der Waals surface area contributed by atoms with Gasteiger partial charge in [0.25, 0.3) is 0 Å². The quantitative estimate of drug-likeness (QED) is 0.438. The predicted molar refractivity (Wildman–Crippen MR) is 118 cm³/mol. The van der Waals surface area contributed by atoms with Crippen molar-refractivity contribution in [3.63, 3.8) is 0 Å². The van der Waals surface area contributed by atoms with Gasteiger partial charge in [-0.25, -0.2) is 27.0 Å². The molecule has 0 radical (unpaired) electrons. The Hall–Kier alpha value is -2.54. The third-order valence-corrected chi connectivity index (χ3v) is 6.59. The van der Waals surface area contributed by atoms with Crippen LogP contribution in [0, 0.1) is 0 Å². The normalized spacial score (nSPS) is 11.8. The molecule has 0 atom stereocenters. The molecule has 0 unspecified atom stereocenters. The molecule has 0 spiro atoms. The maximum atomic E-state index is 11.7. The lowest BCUT2D eigenvalue weighted by Crippen LogP contribution is -2.11. The van der Waals surface area contributed by atoms with E-state index in [1.54, 1.807) is 36.5 Å². The standard InChI is InChI=1S/C18H18BrN5O4S2/c1-29(25,26)15-4-2-3-12(9-15)10-21-17-16(19)11-22-18(24-17)23-13-5-7-14(8-6-13)30(20,27)28/h2-9,11H,10H2,1H3,(H2,20,27,28)(H2,21,22,23,24). The van der Waals surface area contributed by atoms with Crippen LogP contribution in [0.4, 0.5) is 17.5 Å². The van der Waals surface area contributed by atoms with Crippen molar-refractivity contribution in [1.29, 1.82) is 0 Å². The van der Waals surface area contributed by atoms with E-state index in [0.29, 0.717) is 22.5 Å². The average molecular weight is 512 g/mol. The van der Waals surface area contributed by atoms with E-state index in [1.807, 2.05) is 6.07 Å². The number of benzene rings is 2. The molecule has 1 aromatic heterocycles. The third-order valence-electron chi connectivity index (χ3n) is 3.97. The van der Waals surface area contributed by atoms with E-state index in [9.17, 15) is 16.8 Å². The topological polar surface area (TPSA) is 144 Å². The summed E-state index contributed by atoms with van der Waals surface area (Å²) in [5.41, 5.74) is 1.35.